The summed E-state index contributed by atoms with van der Waals surface area (Å²) in [7, 11) is -4.72. The summed E-state index contributed by atoms with van der Waals surface area (Å²) in [6.45, 7) is 2.19. The Kier molecular flexibility index (Phi) is 23.0. The van der Waals surface area contributed by atoms with Crippen molar-refractivity contribution >= 4 is 25.7 Å². The monoisotopic (exact) mass is 579 g/mol. The van der Waals surface area contributed by atoms with Gasteiger partial charge in [-0.05, 0) is 38.5 Å². The van der Waals surface area contributed by atoms with Gasteiger partial charge in [-0.2, -0.15) is 0 Å². The molecule has 4 N–H and O–H groups in total. The second-order valence-electron chi connectivity index (χ2n) is 9.59. The Morgan fingerprint density at radius 2 is 1.36 bits per heavy atom. The lowest BCUT2D eigenvalue weighted by Crippen LogP contribution is -2.43. The number of aliphatic carboxylic acids is 1. The second kappa shape index (κ2) is 24.1. The number of amides is 1. The molecule has 0 aromatic rings. The lowest BCUT2D eigenvalue weighted by molar-refractivity contribution is -0.147. The van der Waals surface area contributed by atoms with Gasteiger partial charge in [0, 0.05) is 12.8 Å². The van der Waals surface area contributed by atoms with Gasteiger partial charge in [-0.1, -0.05) is 70.9 Å². The number of unbranched alkanes of at least 4 members (excludes halogenated alkanes) is 10. The van der Waals surface area contributed by atoms with Crippen LogP contribution >= 0.6 is 7.82 Å². The van der Waals surface area contributed by atoms with Crippen molar-refractivity contribution in [3.63, 3.8) is 0 Å². The molecule has 0 fully saturated rings. The molecular weight excluding hydrogens is 529 g/mol. The van der Waals surface area contributed by atoms with Crippen LogP contribution in [0.4, 0.5) is 0 Å². The van der Waals surface area contributed by atoms with Crippen LogP contribution in [0.25, 0.3) is 0 Å². The van der Waals surface area contributed by atoms with Crippen LogP contribution in [-0.4, -0.2) is 64.9 Å². The first-order valence-corrected chi connectivity index (χ1v) is 15.7. The number of nitrogens with one attached hydrogen (secondary N) is 1. The fourth-order valence-electron chi connectivity index (χ4n) is 3.46. The first kappa shape index (κ1) is 37.2. The van der Waals surface area contributed by atoms with Crippen LogP contribution in [-0.2, 0) is 32.7 Å². The van der Waals surface area contributed by atoms with Gasteiger partial charge >= 0.3 is 19.8 Å². The van der Waals surface area contributed by atoms with E-state index in [2.05, 4.69) is 33.4 Å². The Labute approximate surface area is 233 Å². The maximum absolute atomic E-state index is 12.0. The van der Waals surface area contributed by atoms with Crippen LogP contribution in [0.3, 0.4) is 0 Å². The number of allylic oxidation sites excluding steroid dienone is 2. The summed E-state index contributed by atoms with van der Waals surface area (Å²) < 4.78 is 26.2. The van der Waals surface area contributed by atoms with Gasteiger partial charge in [0.05, 0.1) is 13.2 Å². The third-order valence-corrected chi connectivity index (χ3v) is 6.76. The van der Waals surface area contributed by atoms with E-state index in [1.54, 1.807) is 0 Å². The van der Waals surface area contributed by atoms with E-state index in [9.17, 15) is 28.9 Å². The highest BCUT2D eigenvalue weighted by Crippen LogP contribution is 2.43. The molecule has 1 amide bonds. The standard InChI is InChI=1S/C27H50NO10P/c1-3-5-7-8-9-10-11-12-13-14-15-16-17-19-26(31)36-20-23(29)21-37-39(34,35)38-22-24(27(32)33)28-25(30)18-6-4-2/h10-11,23-24,29H,3-9,12-22H2,1-2H3,(H,28,30)(H,32,33)(H,34,35)/b11-10-. The molecule has 0 aliphatic heterocycles. The molecule has 228 valence electrons. The van der Waals surface area contributed by atoms with E-state index in [-0.39, 0.29) is 12.8 Å². The summed E-state index contributed by atoms with van der Waals surface area (Å²) in [6, 6.07) is -1.54. The first-order chi connectivity index (χ1) is 18.6. The molecule has 39 heavy (non-hydrogen) atoms. The van der Waals surface area contributed by atoms with Gasteiger partial charge in [0.2, 0.25) is 5.91 Å². The number of carboxylic acid groups (broad SMARTS) is 1. The first-order valence-electron chi connectivity index (χ1n) is 14.2. The van der Waals surface area contributed by atoms with E-state index in [1.165, 1.54) is 25.7 Å². The average molecular weight is 580 g/mol. The number of phosphoric acid groups is 1. The number of rotatable bonds is 26. The van der Waals surface area contributed by atoms with E-state index in [0.29, 0.717) is 12.8 Å². The second-order valence-corrected chi connectivity index (χ2v) is 11.0. The molecule has 0 saturated heterocycles. The smallest absolute Gasteiger partial charge is 0.472 e. The van der Waals surface area contributed by atoms with Crippen LogP contribution in [0.2, 0.25) is 0 Å². The van der Waals surface area contributed by atoms with Crippen LogP contribution < -0.4 is 5.32 Å². The summed E-state index contributed by atoms with van der Waals surface area (Å²) in [5, 5.41) is 21.2. The number of esters is 1. The molecule has 0 spiro atoms. The molecule has 0 saturated carbocycles. The molecule has 0 radical (unpaired) electrons. The molecule has 0 heterocycles. The van der Waals surface area contributed by atoms with Crippen LogP contribution in [0.15, 0.2) is 12.2 Å². The van der Waals surface area contributed by atoms with Gasteiger partial charge in [0.1, 0.15) is 12.7 Å². The van der Waals surface area contributed by atoms with Gasteiger partial charge in [-0.25, -0.2) is 9.36 Å². The molecule has 0 aliphatic carbocycles. The predicted octanol–water partition coefficient (Wildman–Crippen LogP) is 5.04. The Hall–Kier alpha value is -1.78. The SMILES string of the molecule is CCCCCC/C=C\CCCCCCCC(=O)OCC(O)COP(=O)(O)OCC(NC(=O)CCCC)C(=O)O. The van der Waals surface area contributed by atoms with Crippen molar-refractivity contribution < 1.29 is 47.8 Å². The highest BCUT2D eigenvalue weighted by Gasteiger charge is 2.28. The van der Waals surface area contributed by atoms with Crippen LogP contribution in [0.5, 0.6) is 0 Å². The Morgan fingerprint density at radius 1 is 0.795 bits per heavy atom. The van der Waals surface area contributed by atoms with E-state index in [0.717, 1.165) is 44.9 Å². The third kappa shape index (κ3) is 23.8. The van der Waals surface area contributed by atoms with Crippen molar-refractivity contribution in [1.29, 1.82) is 0 Å². The third-order valence-electron chi connectivity index (χ3n) is 5.80. The normalized spacial score (nSPS) is 14.6. The molecule has 0 aliphatic rings. The molecule has 3 unspecified atom stereocenters. The van der Waals surface area contributed by atoms with Crippen LogP contribution in [0.1, 0.15) is 110 Å². The number of ether oxygens (including phenoxy) is 1. The lowest BCUT2D eigenvalue weighted by atomic mass is 10.1. The summed E-state index contributed by atoms with van der Waals surface area (Å²) in [5.74, 6) is -2.44. The largest absolute Gasteiger partial charge is 0.480 e. The summed E-state index contributed by atoms with van der Waals surface area (Å²) in [4.78, 5) is 44.5. The fourth-order valence-corrected chi connectivity index (χ4v) is 4.23. The molecule has 0 rings (SSSR count). The number of aliphatic hydroxyl groups is 1. The van der Waals surface area contributed by atoms with Crippen molar-refractivity contribution in [2.24, 2.45) is 0 Å². The highest BCUT2D eigenvalue weighted by molar-refractivity contribution is 7.47. The van der Waals surface area contributed by atoms with Crippen LogP contribution in [0, 0.1) is 0 Å². The summed E-state index contributed by atoms with van der Waals surface area (Å²) in [5.41, 5.74) is 0. The van der Waals surface area contributed by atoms with E-state index in [4.69, 9.17) is 9.84 Å². The van der Waals surface area contributed by atoms with E-state index < -0.39 is 57.6 Å². The number of carboxylic acids is 1. The quantitative estimate of drug-likeness (QED) is 0.0471. The number of hydrogen-bond acceptors (Lipinski definition) is 8. The van der Waals surface area contributed by atoms with E-state index >= 15 is 0 Å². The lowest BCUT2D eigenvalue weighted by Gasteiger charge is -2.18. The molecule has 12 heteroatoms. The number of phosphoric ester groups is 1. The molecule has 11 nitrogen and oxygen atoms in total. The van der Waals surface area contributed by atoms with Crippen molar-refractivity contribution in [2.75, 3.05) is 19.8 Å². The van der Waals surface area contributed by atoms with Crippen molar-refractivity contribution in [3.8, 4) is 0 Å². The zero-order valence-corrected chi connectivity index (χ0v) is 24.6. The minimum atomic E-state index is -4.72. The zero-order chi connectivity index (χ0) is 29.4. The molecule has 3 atom stereocenters. The molecule has 0 aromatic heterocycles. The highest BCUT2D eigenvalue weighted by atomic mass is 31.2. The predicted molar refractivity (Wildman–Crippen MR) is 148 cm³/mol. The minimum absolute atomic E-state index is 0.121. The summed E-state index contributed by atoms with van der Waals surface area (Å²) >= 11 is 0. The molecular formula is C27H50NO10P. The maximum atomic E-state index is 12.0. The fraction of sp³-hybridized carbons (Fsp3) is 0.815. The number of aliphatic hydroxyl groups excluding tert-OH is 1. The molecule has 0 aromatic carbocycles. The van der Waals surface area contributed by atoms with Crippen molar-refractivity contribution in [3.05, 3.63) is 12.2 Å². The minimum Gasteiger partial charge on any atom is -0.480 e. The van der Waals surface area contributed by atoms with Gasteiger partial charge in [0.25, 0.3) is 0 Å². The topological polar surface area (TPSA) is 169 Å². The summed E-state index contributed by atoms with van der Waals surface area (Å²) in [6.07, 6.45) is 17.0. The number of hydrogen-bond donors (Lipinski definition) is 4. The zero-order valence-electron chi connectivity index (χ0n) is 23.7. The van der Waals surface area contributed by atoms with Gasteiger partial charge < -0.3 is 25.2 Å². The Bertz CT molecular complexity index is 746. The average Bonchev–Trinajstić information content (AvgIpc) is 2.89. The van der Waals surface area contributed by atoms with Crippen molar-refractivity contribution in [1.82, 2.24) is 5.32 Å². The number of carbonyl (C=O) groups is 3. The maximum Gasteiger partial charge on any atom is 0.472 e. The number of carbonyl (C=O) groups excluding carboxylic acids is 2. The van der Waals surface area contributed by atoms with E-state index in [1.807, 2.05) is 6.92 Å². The Morgan fingerprint density at radius 3 is 1.97 bits per heavy atom. The molecule has 0 bridgehead atoms. The van der Waals surface area contributed by atoms with Gasteiger partial charge in [0.15, 0.2) is 6.04 Å². The van der Waals surface area contributed by atoms with Crippen molar-refractivity contribution in [2.45, 2.75) is 122 Å². The Balaban J connectivity index is 3.94. The van der Waals surface area contributed by atoms with Gasteiger partial charge in [-0.3, -0.25) is 18.6 Å². The van der Waals surface area contributed by atoms with Gasteiger partial charge in [-0.15, -0.1) is 0 Å².